The van der Waals surface area contributed by atoms with E-state index < -0.39 is 6.17 Å². The minimum absolute atomic E-state index is 0.0116. The molecule has 1 aliphatic rings. The molecule has 2 heteroatoms. The molecule has 0 spiro atoms. The molecule has 0 amide bonds. The van der Waals surface area contributed by atoms with Gasteiger partial charge in [0, 0.05) is 18.5 Å². The van der Waals surface area contributed by atoms with Gasteiger partial charge in [0.1, 0.15) is 6.17 Å². The molecule has 18 heavy (non-hydrogen) atoms. The monoisotopic (exact) mass is 249 g/mol. The van der Waals surface area contributed by atoms with E-state index in [0.29, 0.717) is 13.0 Å². The summed E-state index contributed by atoms with van der Waals surface area (Å²) in [7, 11) is 0. The Morgan fingerprint density at radius 2 is 1.94 bits per heavy atom. The van der Waals surface area contributed by atoms with Crippen LogP contribution < -0.4 is 5.32 Å². The molecular weight excluding hydrogens is 225 g/mol. The van der Waals surface area contributed by atoms with Crippen molar-refractivity contribution < 1.29 is 4.39 Å². The van der Waals surface area contributed by atoms with Crippen LogP contribution in [0.15, 0.2) is 18.2 Å². The third-order valence-corrected chi connectivity index (χ3v) is 3.47. The Hall–Kier alpha value is -0.890. The SMILES string of the molecule is CC(C)(C)NCC(F)Cc1ccc2c(c1)CCC2. The molecule has 1 aromatic carbocycles. The Balaban J connectivity index is 1.89. The summed E-state index contributed by atoms with van der Waals surface area (Å²) in [6, 6.07) is 6.47. The molecule has 1 atom stereocenters. The third kappa shape index (κ3) is 3.81. The second-order valence-electron chi connectivity index (χ2n) is 6.39. The average Bonchev–Trinajstić information content (AvgIpc) is 2.72. The van der Waals surface area contributed by atoms with Crippen LogP contribution in [0.3, 0.4) is 0 Å². The van der Waals surface area contributed by atoms with Crippen molar-refractivity contribution in [2.75, 3.05) is 6.54 Å². The van der Waals surface area contributed by atoms with Crippen molar-refractivity contribution in [2.24, 2.45) is 0 Å². The van der Waals surface area contributed by atoms with E-state index in [0.717, 1.165) is 5.56 Å². The van der Waals surface area contributed by atoms with E-state index in [-0.39, 0.29) is 5.54 Å². The standard InChI is InChI=1S/C16H24FN/c1-16(2,3)18-11-15(17)10-12-7-8-13-5-4-6-14(13)9-12/h7-9,15,18H,4-6,10-11H2,1-3H3. The van der Waals surface area contributed by atoms with Crippen molar-refractivity contribution in [3.63, 3.8) is 0 Å². The fourth-order valence-corrected chi connectivity index (χ4v) is 2.50. The van der Waals surface area contributed by atoms with Crippen LogP contribution in [0, 0.1) is 0 Å². The summed E-state index contributed by atoms with van der Waals surface area (Å²) in [6.45, 7) is 6.62. The molecule has 0 aromatic heterocycles. The van der Waals surface area contributed by atoms with Crippen LogP contribution in [-0.2, 0) is 19.3 Å². The van der Waals surface area contributed by atoms with Gasteiger partial charge in [-0.1, -0.05) is 18.2 Å². The number of rotatable bonds is 4. The van der Waals surface area contributed by atoms with Crippen LogP contribution in [0.1, 0.15) is 43.9 Å². The van der Waals surface area contributed by atoms with Crippen molar-refractivity contribution in [1.82, 2.24) is 5.32 Å². The Labute approximate surface area is 110 Å². The lowest BCUT2D eigenvalue weighted by Crippen LogP contribution is -2.40. The number of aryl methyl sites for hydroxylation is 2. The predicted octanol–water partition coefficient (Wildman–Crippen LogP) is 3.44. The molecule has 0 radical (unpaired) electrons. The second kappa shape index (κ2) is 5.40. The number of fused-ring (bicyclic) bond motifs is 1. The van der Waals surface area contributed by atoms with Crippen LogP contribution in [0.5, 0.6) is 0 Å². The normalized spacial score (nSPS) is 16.7. The Morgan fingerprint density at radius 1 is 1.22 bits per heavy atom. The number of hydrogen-bond acceptors (Lipinski definition) is 1. The summed E-state index contributed by atoms with van der Waals surface area (Å²) in [5, 5.41) is 3.22. The van der Waals surface area contributed by atoms with Gasteiger partial charge >= 0.3 is 0 Å². The first kappa shape index (κ1) is 13.5. The van der Waals surface area contributed by atoms with Gasteiger partial charge in [0.15, 0.2) is 0 Å². The molecule has 1 N–H and O–H groups in total. The Bertz CT molecular complexity index is 406. The third-order valence-electron chi connectivity index (χ3n) is 3.47. The van der Waals surface area contributed by atoms with Gasteiger partial charge in [-0.05, 0) is 56.7 Å². The first-order chi connectivity index (χ1) is 8.44. The molecule has 0 bridgehead atoms. The van der Waals surface area contributed by atoms with Crippen LogP contribution in [0.4, 0.5) is 4.39 Å². The van der Waals surface area contributed by atoms with Gasteiger partial charge in [0.25, 0.3) is 0 Å². The summed E-state index contributed by atoms with van der Waals surface area (Å²) in [5.41, 5.74) is 4.02. The summed E-state index contributed by atoms with van der Waals surface area (Å²) in [4.78, 5) is 0. The summed E-state index contributed by atoms with van der Waals surface area (Å²) in [5.74, 6) is 0. The first-order valence-electron chi connectivity index (χ1n) is 6.94. The Morgan fingerprint density at radius 3 is 2.67 bits per heavy atom. The zero-order chi connectivity index (χ0) is 13.2. The summed E-state index contributed by atoms with van der Waals surface area (Å²) < 4.78 is 13.9. The van der Waals surface area contributed by atoms with E-state index >= 15 is 0 Å². The number of halogens is 1. The van der Waals surface area contributed by atoms with E-state index in [1.807, 2.05) is 0 Å². The molecule has 0 fully saturated rings. The van der Waals surface area contributed by atoms with E-state index in [2.05, 4.69) is 44.3 Å². The predicted molar refractivity (Wildman–Crippen MR) is 74.8 cm³/mol. The maximum atomic E-state index is 13.9. The van der Waals surface area contributed by atoms with Gasteiger partial charge < -0.3 is 5.32 Å². The molecule has 0 saturated heterocycles. The fraction of sp³-hybridized carbons (Fsp3) is 0.625. The molecule has 1 aromatic rings. The highest BCUT2D eigenvalue weighted by Crippen LogP contribution is 2.23. The quantitative estimate of drug-likeness (QED) is 0.862. The number of nitrogens with one attached hydrogen (secondary N) is 1. The Kier molecular flexibility index (Phi) is 4.06. The minimum Gasteiger partial charge on any atom is -0.309 e. The lowest BCUT2D eigenvalue weighted by atomic mass is 10.0. The molecule has 100 valence electrons. The van der Waals surface area contributed by atoms with E-state index in [4.69, 9.17) is 0 Å². The van der Waals surface area contributed by atoms with Gasteiger partial charge in [0.05, 0.1) is 0 Å². The number of hydrogen-bond donors (Lipinski definition) is 1. The van der Waals surface area contributed by atoms with Gasteiger partial charge in [-0.15, -0.1) is 0 Å². The summed E-state index contributed by atoms with van der Waals surface area (Å²) in [6.07, 6.45) is 3.34. The fourth-order valence-electron chi connectivity index (χ4n) is 2.50. The minimum atomic E-state index is -0.802. The molecule has 1 aliphatic carbocycles. The largest absolute Gasteiger partial charge is 0.309 e. The van der Waals surface area contributed by atoms with Crippen molar-refractivity contribution in [3.05, 3.63) is 34.9 Å². The highest BCUT2D eigenvalue weighted by Gasteiger charge is 2.15. The molecule has 0 saturated carbocycles. The number of benzene rings is 1. The van der Waals surface area contributed by atoms with Crippen molar-refractivity contribution >= 4 is 0 Å². The average molecular weight is 249 g/mol. The summed E-state index contributed by atoms with van der Waals surface area (Å²) >= 11 is 0. The van der Waals surface area contributed by atoms with Gasteiger partial charge in [0.2, 0.25) is 0 Å². The topological polar surface area (TPSA) is 12.0 Å². The molecule has 0 aliphatic heterocycles. The van der Waals surface area contributed by atoms with Crippen molar-refractivity contribution in [1.29, 1.82) is 0 Å². The van der Waals surface area contributed by atoms with Crippen molar-refractivity contribution in [2.45, 2.75) is 58.2 Å². The zero-order valence-corrected chi connectivity index (χ0v) is 11.7. The van der Waals surface area contributed by atoms with Gasteiger partial charge in [-0.25, -0.2) is 4.39 Å². The van der Waals surface area contributed by atoms with Crippen LogP contribution in [0.25, 0.3) is 0 Å². The van der Waals surface area contributed by atoms with Gasteiger partial charge in [-0.3, -0.25) is 0 Å². The lowest BCUT2D eigenvalue weighted by Gasteiger charge is -2.22. The molecule has 1 unspecified atom stereocenters. The molecular formula is C16H24FN. The zero-order valence-electron chi connectivity index (χ0n) is 11.7. The van der Waals surface area contributed by atoms with Gasteiger partial charge in [-0.2, -0.15) is 0 Å². The first-order valence-corrected chi connectivity index (χ1v) is 6.94. The highest BCUT2D eigenvalue weighted by molar-refractivity contribution is 5.35. The van der Waals surface area contributed by atoms with Crippen LogP contribution in [-0.4, -0.2) is 18.3 Å². The van der Waals surface area contributed by atoms with E-state index in [1.54, 1.807) is 0 Å². The maximum absolute atomic E-state index is 13.9. The van der Waals surface area contributed by atoms with E-state index in [9.17, 15) is 4.39 Å². The molecule has 0 heterocycles. The van der Waals surface area contributed by atoms with Crippen LogP contribution >= 0.6 is 0 Å². The molecule has 2 rings (SSSR count). The second-order valence-corrected chi connectivity index (χ2v) is 6.39. The van der Waals surface area contributed by atoms with Crippen LogP contribution in [0.2, 0.25) is 0 Å². The maximum Gasteiger partial charge on any atom is 0.117 e. The molecule has 1 nitrogen and oxygen atoms in total. The van der Waals surface area contributed by atoms with Crippen molar-refractivity contribution in [3.8, 4) is 0 Å². The smallest absolute Gasteiger partial charge is 0.117 e. The highest BCUT2D eigenvalue weighted by atomic mass is 19.1. The number of alkyl halides is 1. The van der Waals surface area contributed by atoms with E-state index in [1.165, 1.54) is 30.4 Å². The lowest BCUT2D eigenvalue weighted by molar-refractivity contribution is 0.284.